The minimum absolute atomic E-state index is 0.183. The number of nitrogens with one attached hydrogen (secondary N) is 2. The van der Waals surface area contributed by atoms with Crippen molar-refractivity contribution in [2.24, 2.45) is 5.41 Å². The van der Waals surface area contributed by atoms with Crippen LogP contribution >= 0.6 is 0 Å². The van der Waals surface area contributed by atoms with Crippen LogP contribution in [-0.4, -0.2) is 29.7 Å². The Morgan fingerprint density at radius 3 is 2.41 bits per heavy atom. The molecule has 3 N–H and O–H groups in total. The van der Waals surface area contributed by atoms with Crippen molar-refractivity contribution in [2.75, 3.05) is 6.54 Å². The quantitative estimate of drug-likeness (QED) is 0.687. The molecule has 0 aromatic rings. The lowest BCUT2D eigenvalue weighted by Crippen LogP contribution is -2.47. The summed E-state index contributed by atoms with van der Waals surface area (Å²) in [5.41, 5.74) is 0.183. The van der Waals surface area contributed by atoms with Crippen LogP contribution < -0.4 is 10.6 Å². The number of carboxylic acid groups (broad SMARTS) is 1. The number of urea groups is 1. The first-order chi connectivity index (χ1) is 7.97. The standard InChI is InChI=1S/C12H22N2O3/c1-3-9(10(15)16)14-11(17)13-8-12(2)6-4-5-7-12/h9H,3-8H2,1-2H3,(H,15,16)(H2,13,14,17)/t9-/m1/s1. The zero-order chi connectivity index (χ0) is 12.9. The highest BCUT2D eigenvalue weighted by Crippen LogP contribution is 2.36. The minimum Gasteiger partial charge on any atom is -0.480 e. The number of amides is 2. The summed E-state index contributed by atoms with van der Waals surface area (Å²) in [6, 6.07) is -1.18. The molecule has 1 aliphatic carbocycles. The fourth-order valence-corrected chi connectivity index (χ4v) is 2.25. The van der Waals surface area contributed by atoms with Crippen LogP contribution in [0.1, 0.15) is 46.0 Å². The number of carbonyl (C=O) groups excluding carboxylic acids is 1. The SMILES string of the molecule is CC[C@@H](NC(=O)NCC1(C)CCCC1)C(=O)O. The summed E-state index contributed by atoms with van der Waals surface area (Å²) in [5.74, 6) is -0.991. The molecule has 1 fully saturated rings. The molecule has 98 valence electrons. The molecular weight excluding hydrogens is 220 g/mol. The highest BCUT2D eigenvalue weighted by Gasteiger charge is 2.29. The molecule has 0 saturated heterocycles. The van der Waals surface area contributed by atoms with Crippen LogP contribution in [-0.2, 0) is 4.79 Å². The van der Waals surface area contributed by atoms with Crippen LogP contribution in [0.25, 0.3) is 0 Å². The normalized spacial score (nSPS) is 19.6. The van der Waals surface area contributed by atoms with E-state index in [1.807, 2.05) is 0 Å². The first-order valence-electron chi connectivity index (χ1n) is 6.24. The maximum absolute atomic E-state index is 11.5. The molecule has 0 unspecified atom stereocenters. The number of rotatable bonds is 5. The van der Waals surface area contributed by atoms with Crippen LogP contribution in [0.4, 0.5) is 4.79 Å². The van der Waals surface area contributed by atoms with Crippen LogP contribution in [0.2, 0.25) is 0 Å². The van der Waals surface area contributed by atoms with Gasteiger partial charge in [0.2, 0.25) is 0 Å². The van der Waals surface area contributed by atoms with E-state index in [1.165, 1.54) is 12.8 Å². The molecular formula is C12H22N2O3. The van der Waals surface area contributed by atoms with E-state index < -0.39 is 12.0 Å². The molecule has 0 radical (unpaired) electrons. The van der Waals surface area contributed by atoms with Gasteiger partial charge in [-0.15, -0.1) is 0 Å². The van der Waals surface area contributed by atoms with Crippen LogP contribution in [0, 0.1) is 5.41 Å². The van der Waals surface area contributed by atoms with Crippen molar-refractivity contribution >= 4 is 12.0 Å². The molecule has 0 aromatic heterocycles. The van der Waals surface area contributed by atoms with E-state index in [0.29, 0.717) is 13.0 Å². The summed E-state index contributed by atoms with van der Waals surface area (Å²) < 4.78 is 0. The molecule has 1 aliphatic rings. The summed E-state index contributed by atoms with van der Waals surface area (Å²) in [6.45, 7) is 4.51. The first kappa shape index (κ1) is 13.8. The minimum atomic E-state index is -0.991. The van der Waals surface area contributed by atoms with Crippen molar-refractivity contribution in [3.05, 3.63) is 0 Å². The second-order valence-corrected chi connectivity index (χ2v) is 5.14. The van der Waals surface area contributed by atoms with Crippen molar-refractivity contribution < 1.29 is 14.7 Å². The molecule has 0 aliphatic heterocycles. The van der Waals surface area contributed by atoms with E-state index in [2.05, 4.69) is 17.6 Å². The summed E-state index contributed by atoms with van der Waals surface area (Å²) >= 11 is 0. The van der Waals surface area contributed by atoms with Gasteiger partial charge in [0.15, 0.2) is 0 Å². The predicted molar refractivity (Wildman–Crippen MR) is 64.8 cm³/mol. The van der Waals surface area contributed by atoms with E-state index in [0.717, 1.165) is 12.8 Å². The van der Waals surface area contributed by atoms with Gasteiger partial charge in [-0.25, -0.2) is 9.59 Å². The summed E-state index contributed by atoms with van der Waals surface area (Å²) in [4.78, 5) is 22.3. The van der Waals surface area contributed by atoms with Gasteiger partial charge in [-0.05, 0) is 24.7 Å². The molecule has 1 atom stereocenters. The summed E-state index contributed by atoms with van der Waals surface area (Å²) in [6.07, 6.45) is 5.08. The molecule has 1 saturated carbocycles. The Labute approximate surface area is 102 Å². The maximum Gasteiger partial charge on any atom is 0.326 e. The van der Waals surface area contributed by atoms with Gasteiger partial charge >= 0.3 is 12.0 Å². The Morgan fingerprint density at radius 2 is 1.94 bits per heavy atom. The third kappa shape index (κ3) is 4.24. The lowest BCUT2D eigenvalue weighted by Gasteiger charge is -2.24. The number of carboxylic acids is 1. The first-order valence-corrected chi connectivity index (χ1v) is 6.24. The van der Waals surface area contributed by atoms with Gasteiger partial charge in [0.05, 0.1) is 0 Å². The topological polar surface area (TPSA) is 78.4 Å². The van der Waals surface area contributed by atoms with E-state index in [-0.39, 0.29) is 11.4 Å². The van der Waals surface area contributed by atoms with Crippen LogP contribution in [0.15, 0.2) is 0 Å². The Balaban J connectivity index is 2.31. The van der Waals surface area contributed by atoms with Gasteiger partial charge in [-0.3, -0.25) is 0 Å². The molecule has 5 nitrogen and oxygen atoms in total. The van der Waals surface area contributed by atoms with Crippen LogP contribution in [0.5, 0.6) is 0 Å². The van der Waals surface area contributed by atoms with Gasteiger partial charge in [-0.1, -0.05) is 26.7 Å². The second kappa shape index (κ2) is 5.89. The van der Waals surface area contributed by atoms with Gasteiger partial charge in [0.1, 0.15) is 6.04 Å². The van der Waals surface area contributed by atoms with Crippen molar-refractivity contribution in [1.82, 2.24) is 10.6 Å². The third-order valence-corrected chi connectivity index (χ3v) is 3.50. The van der Waals surface area contributed by atoms with Gasteiger partial charge in [-0.2, -0.15) is 0 Å². The van der Waals surface area contributed by atoms with E-state index in [4.69, 9.17) is 5.11 Å². The number of hydrogen-bond acceptors (Lipinski definition) is 2. The van der Waals surface area contributed by atoms with Crippen molar-refractivity contribution in [3.8, 4) is 0 Å². The third-order valence-electron chi connectivity index (χ3n) is 3.50. The molecule has 0 spiro atoms. The molecule has 0 heterocycles. The predicted octanol–water partition coefficient (Wildman–Crippen LogP) is 1.73. The van der Waals surface area contributed by atoms with Crippen molar-refractivity contribution in [3.63, 3.8) is 0 Å². The van der Waals surface area contributed by atoms with E-state index >= 15 is 0 Å². The van der Waals surface area contributed by atoms with Gasteiger partial charge in [0.25, 0.3) is 0 Å². The highest BCUT2D eigenvalue weighted by atomic mass is 16.4. The number of carbonyl (C=O) groups is 2. The molecule has 2 amide bonds. The number of hydrogen-bond donors (Lipinski definition) is 3. The number of aliphatic carboxylic acids is 1. The Bertz CT molecular complexity index is 285. The van der Waals surface area contributed by atoms with Crippen molar-refractivity contribution in [1.29, 1.82) is 0 Å². The van der Waals surface area contributed by atoms with Crippen molar-refractivity contribution in [2.45, 2.75) is 52.0 Å². The lowest BCUT2D eigenvalue weighted by molar-refractivity contribution is -0.139. The largest absolute Gasteiger partial charge is 0.480 e. The van der Waals surface area contributed by atoms with Crippen LogP contribution in [0.3, 0.4) is 0 Å². The lowest BCUT2D eigenvalue weighted by atomic mass is 9.89. The average molecular weight is 242 g/mol. The molecule has 0 bridgehead atoms. The molecule has 5 heteroatoms. The fraction of sp³-hybridized carbons (Fsp3) is 0.833. The van der Waals surface area contributed by atoms with Gasteiger partial charge in [0, 0.05) is 6.54 Å². The monoisotopic (exact) mass is 242 g/mol. The second-order valence-electron chi connectivity index (χ2n) is 5.14. The molecule has 0 aromatic carbocycles. The molecule has 1 rings (SSSR count). The zero-order valence-electron chi connectivity index (χ0n) is 10.6. The molecule has 17 heavy (non-hydrogen) atoms. The van der Waals surface area contributed by atoms with Gasteiger partial charge < -0.3 is 15.7 Å². The Hall–Kier alpha value is -1.26. The Kier molecular flexibility index (Phi) is 4.78. The highest BCUT2D eigenvalue weighted by molar-refractivity contribution is 5.82. The maximum atomic E-state index is 11.5. The zero-order valence-corrected chi connectivity index (χ0v) is 10.6. The summed E-state index contributed by atoms with van der Waals surface area (Å²) in [5, 5.41) is 14.0. The summed E-state index contributed by atoms with van der Waals surface area (Å²) in [7, 11) is 0. The average Bonchev–Trinajstić information content (AvgIpc) is 2.70. The fourth-order valence-electron chi connectivity index (χ4n) is 2.25. The van der Waals surface area contributed by atoms with E-state index in [1.54, 1.807) is 6.92 Å². The smallest absolute Gasteiger partial charge is 0.326 e. The Morgan fingerprint density at radius 1 is 1.35 bits per heavy atom. The van der Waals surface area contributed by atoms with E-state index in [9.17, 15) is 9.59 Å².